The van der Waals surface area contributed by atoms with Crippen molar-refractivity contribution in [3.63, 3.8) is 0 Å². The fourth-order valence-corrected chi connectivity index (χ4v) is 3.42. The monoisotopic (exact) mass is 360 g/mol. The van der Waals surface area contributed by atoms with Crippen molar-refractivity contribution < 1.29 is 29.3 Å². The van der Waals surface area contributed by atoms with Crippen molar-refractivity contribution in [2.45, 2.75) is 63.8 Å². The largest absolute Gasteiger partial charge is 0.508 e. The van der Waals surface area contributed by atoms with Crippen molar-refractivity contribution in [3.05, 3.63) is 35.4 Å². The van der Waals surface area contributed by atoms with Crippen LogP contribution in [0, 0.1) is 0 Å². The summed E-state index contributed by atoms with van der Waals surface area (Å²) in [7, 11) is 0. The second-order valence-electron chi connectivity index (χ2n) is 6.89. The quantitative estimate of drug-likeness (QED) is 0.622. The lowest BCUT2D eigenvalue weighted by Gasteiger charge is -2.18. The first-order chi connectivity index (χ1) is 12.5. The molecule has 1 aromatic rings. The van der Waals surface area contributed by atoms with Crippen molar-refractivity contribution in [2.75, 3.05) is 0 Å². The summed E-state index contributed by atoms with van der Waals surface area (Å²) < 4.78 is 11.3. The lowest BCUT2D eigenvalue weighted by atomic mass is 9.99. The Bertz CT molecular complexity index is 723. The maximum atomic E-state index is 12.7. The Kier molecular flexibility index (Phi) is 5.61. The van der Waals surface area contributed by atoms with Crippen molar-refractivity contribution in [2.24, 2.45) is 0 Å². The molecule has 0 unspecified atom stereocenters. The number of benzene rings is 1. The van der Waals surface area contributed by atoms with Gasteiger partial charge in [-0.15, -0.1) is 0 Å². The number of ether oxygens (including phenoxy) is 2. The molecule has 140 valence electrons. The van der Waals surface area contributed by atoms with Gasteiger partial charge in [0.2, 0.25) is 0 Å². The lowest BCUT2D eigenvalue weighted by Crippen LogP contribution is -2.22. The molecule has 26 heavy (non-hydrogen) atoms. The van der Waals surface area contributed by atoms with E-state index in [4.69, 9.17) is 9.47 Å². The summed E-state index contributed by atoms with van der Waals surface area (Å²) in [6.45, 7) is 2.01. The number of rotatable bonds is 2. The molecule has 0 radical (unpaired) electrons. The van der Waals surface area contributed by atoms with E-state index in [1.54, 1.807) is 6.08 Å². The molecule has 1 saturated heterocycles. The van der Waals surface area contributed by atoms with Crippen molar-refractivity contribution in [3.8, 4) is 11.5 Å². The number of carbonyl (C=O) groups excluding carboxylic acids is 2. The Hall–Kier alpha value is -2.34. The molecule has 6 heteroatoms. The molecule has 2 heterocycles. The van der Waals surface area contributed by atoms with Gasteiger partial charge >= 0.3 is 5.97 Å². The molecule has 6 nitrogen and oxygen atoms in total. The number of allylic oxidation sites excluding steroid dienone is 2. The Morgan fingerprint density at radius 1 is 1.19 bits per heavy atom. The van der Waals surface area contributed by atoms with Crippen LogP contribution >= 0.6 is 0 Å². The minimum atomic E-state index is -0.679. The Balaban J connectivity index is 1.92. The Morgan fingerprint density at radius 3 is 2.77 bits per heavy atom. The number of hydrogen-bond acceptors (Lipinski definition) is 6. The Labute approximate surface area is 152 Å². The normalized spacial score (nSPS) is 27.7. The molecule has 3 atom stereocenters. The zero-order valence-electron chi connectivity index (χ0n) is 14.8. The van der Waals surface area contributed by atoms with Crippen molar-refractivity contribution in [1.29, 1.82) is 0 Å². The SMILES string of the molecule is CCC[C@@H]1C[C@H]2O[C@@H]2CC/C=C/C(=O)Cc2cc(O)cc(O)c2C(=O)O1. The van der Waals surface area contributed by atoms with Gasteiger partial charge in [0, 0.05) is 18.9 Å². The van der Waals surface area contributed by atoms with E-state index in [1.165, 1.54) is 12.1 Å². The highest BCUT2D eigenvalue weighted by Crippen LogP contribution is 2.34. The third-order valence-corrected chi connectivity index (χ3v) is 4.74. The zero-order valence-corrected chi connectivity index (χ0v) is 14.8. The van der Waals surface area contributed by atoms with E-state index in [-0.39, 0.29) is 53.1 Å². The highest BCUT2D eigenvalue weighted by Gasteiger charge is 2.40. The number of esters is 1. The van der Waals surface area contributed by atoms with Crippen LogP contribution in [-0.2, 0) is 20.7 Å². The van der Waals surface area contributed by atoms with E-state index in [2.05, 4.69) is 0 Å². The van der Waals surface area contributed by atoms with Gasteiger partial charge in [-0.05, 0) is 37.0 Å². The zero-order chi connectivity index (χ0) is 18.7. The number of ketones is 1. The van der Waals surface area contributed by atoms with Crippen LogP contribution in [0.5, 0.6) is 11.5 Å². The molecule has 0 bridgehead atoms. The van der Waals surface area contributed by atoms with Crippen LogP contribution in [0.1, 0.15) is 54.9 Å². The molecule has 0 spiro atoms. The fraction of sp³-hybridized carbons (Fsp3) is 0.500. The van der Waals surface area contributed by atoms with E-state index in [0.29, 0.717) is 12.8 Å². The summed E-state index contributed by atoms with van der Waals surface area (Å²) in [5, 5.41) is 19.9. The topological polar surface area (TPSA) is 96.4 Å². The summed E-state index contributed by atoms with van der Waals surface area (Å²) in [6.07, 6.45) is 6.84. The van der Waals surface area contributed by atoms with Crippen LogP contribution < -0.4 is 0 Å². The van der Waals surface area contributed by atoms with Gasteiger partial charge in [0.15, 0.2) is 5.78 Å². The third kappa shape index (κ3) is 4.43. The standard InChI is InChI=1S/C20H24O6/c1-2-5-15-11-18-17(26-18)7-4-3-6-13(21)8-12-9-14(22)10-16(23)19(12)20(24)25-15/h3,6,9-10,15,17-18,22-23H,2,4-5,7-8,11H2,1H3/b6-3+/t15-,17-,18-/m1/s1. The van der Waals surface area contributed by atoms with E-state index < -0.39 is 5.97 Å². The number of cyclic esters (lactones) is 1. The summed E-state index contributed by atoms with van der Waals surface area (Å²) in [4.78, 5) is 24.9. The maximum absolute atomic E-state index is 12.7. The van der Waals surface area contributed by atoms with Crippen LogP contribution in [0.15, 0.2) is 24.3 Å². The minimum Gasteiger partial charge on any atom is -0.508 e. The summed E-state index contributed by atoms with van der Waals surface area (Å²) in [5.74, 6) is -1.47. The maximum Gasteiger partial charge on any atom is 0.342 e. The third-order valence-electron chi connectivity index (χ3n) is 4.74. The first kappa shape index (κ1) is 18.5. The first-order valence-corrected chi connectivity index (χ1v) is 9.08. The molecule has 2 aliphatic heterocycles. The van der Waals surface area contributed by atoms with Gasteiger partial charge in [-0.3, -0.25) is 4.79 Å². The Morgan fingerprint density at radius 2 is 2.00 bits per heavy atom. The van der Waals surface area contributed by atoms with Gasteiger partial charge in [-0.25, -0.2) is 4.79 Å². The number of epoxide rings is 1. The van der Waals surface area contributed by atoms with Crippen LogP contribution in [0.2, 0.25) is 0 Å². The van der Waals surface area contributed by atoms with Crippen LogP contribution in [0.25, 0.3) is 0 Å². The second kappa shape index (κ2) is 7.91. The van der Waals surface area contributed by atoms with Gasteiger partial charge in [0.25, 0.3) is 0 Å². The fourth-order valence-electron chi connectivity index (χ4n) is 3.42. The first-order valence-electron chi connectivity index (χ1n) is 9.08. The van der Waals surface area contributed by atoms with Crippen molar-refractivity contribution in [1.82, 2.24) is 0 Å². The molecule has 0 aromatic heterocycles. The molecule has 0 aliphatic carbocycles. The van der Waals surface area contributed by atoms with E-state index in [9.17, 15) is 19.8 Å². The number of carbonyl (C=O) groups is 2. The molecule has 1 fully saturated rings. The van der Waals surface area contributed by atoms with Crippen molar-refractivity contribution >= 4 is 11.8 Å². The highest BCUT2D eigenvalue weighted by atomic mass is 16.6. The van der Waals surface area contributed by atoms with Gasteiger partial charge in [0.05, 0.1) is 12.2 Å². The van der Waals surface area contributed by atoms with E-state index in [0.717, 1.165) is 25.3 Å². The van der Waals surface area contributed by atoms with Gasteiger partial charge in [-0.2, -0.15) is 0 Å². The summed E-state index contributed by atoms with van der Waals surface area (Å²) in [6, 6.07) is 2.40. The van der Waals surface area contributed by atoms with Gasteiger partial charge < -0.3 is 19.7 Å². The van der Waals surface area contributed by atoms with Gasteiger partial charge in [0.1, 0.15) is 23.2 Å². The highest BCUT2D eigenvalue weighted by molar-refractivity contribution is 5.98. The predicted octanol–water partition coefficient (Wildman–Crippen LogP) is 3.04. The summed E-state index contributed by atoms with van der Waals surface area (Å²) >= 11 is 0. The lowest BCUT2D eigenvalue weighted by molar-refractivity contribution is -0.114. The molecule has 2 N–H and O–H groups in total. The van der Waals surface area contributed by atoms with Crippen LogP contribution in [-0.4, -0.2) is 40.3 Å². The molecule has 2 aliphatic rings. The molecule has 0 saturated carbocycles. The smallest absolute Gasteiger partial charge is 0.342 e. The summed E-state index contributed by atoms with van der Waals surface area (Å²) in [5.41, 5.74) is 0.200. The molecule has 1 aromatic carbocycles. The molecular formula is C20H24O6. The average Bonchev–Trinajstić information content (AvgIpc) is 3.28. The average molecular weight is 360 g/mol. The van der Waals surface area contributed by atoms with E-state index >= 15 is 0 Å². The number of aromatic hydroxyl groups is 2. The van der Waals surface area contributed by atoms with E-state index in [1.807, 2.05) is 6.92 Å². The van der Waals surface area contributed by atoms with Gasteiger partial charge in [-0.1, -0.05) is 19.4 Å². The number of hydrogen-bond donors (Lipinski definition) is 2. The van der Waals surface area contributed by atoms with Crippen LogP contribution in [0.3, 0.4) is 0 Å². The predicted molar refractivity (Wildman–Crippen MR) is 94.2 cm³/mol. The number of phenolic OH excluding ortho intramolecular Hbond substituents is 2. The molecule has 0 amide bonds. The number of fused-ring (bicyclic) bond motifs is 2. The molecular weight excluding hydrogens is 336 g/mol. The number of phenols is 2. The molecule has 3 rings (SSSR count). The van der Waals surface area contributed by atoms with Crippen LogP contribution in [0.4, 0.5) is 0 Å². The minimum absolute atomic E-state index is 0.0593. The second-order valence-corrected chi connectivity index (χ2v) is 6.89.